The van der Waals surface area contributed by atoms with E-state index in [4.69, 9.17) is 27.7 Å². The van der Waals surface area contributed by atoms with E-state index in [1.807, 2.05) is 60.6 Å². The van der Waals surface area contributed by atoms with E-state index in [0.717, 1.165) is 22.2 Å². The first kappa shape index (κ1) is 50.1. The van der Waals surface area contributed by atoms with E-state index < -0.39 is 0 Å². The van der Waals surface area contributed by atoms with Crippen molar-refractivity contribution in [3.05, 3.63) is 72.2 Å². The Morgan fingerprint density at radius 3 is 1.83 bits per heavy atom. The Balaban J connectivity index is 0.000000142. The molecule has 0 bridgehead atoms. The Morgan fingerprint density at radius 1 is 0.623 bits per heavy atom. The summed E-state index contributed by atoms with van der Waals surface area (Å²) in [4.78, 5) is 70.5. The number of aliphatic imine (C=N–C) groups is 1. The predicted molar refractivity (Wildman–Crippen MR) is 269 cm³/mol. The van der Waals surface area contributed by atoms with Gasteiger partial charge in [0.15, 0.2) is 45.3 Å². The van der Waals surface area contributed by atoms with Crippen molar-refractivity contribution in [2.75, 3.05) is 29.5 Å². The van der Waals surface area contributed by atoms with Crippen LogP contribution in [0, 0.1) is 0 Å². The second-order valence-electron chi connectivity index (χ2n) is 17.1. The third kappa shape index (κ3) is 11.1. The van der Waals surface area contributed by atoms with Crippen molar-refractivity contribution in [2.24, 2.45) is 4.99 Å². The molecule has 0 atom stereocenters. The highest BCUT2D eigenvalue weighted by Crippen LogP contribution is 2.27. The van der Waals surface area contributed by atoms with Crippen LogP contribution in [0.25, 0.3) is 44.5 Å². The summed E-state index contributed by atoms with van der Waals surface area (Å²) in [5.74, 6) is 2.08. The summed E-state index contributed by atoms with van der Waals surface area (Å²) in [5.41, 5.74) is 28.2. The number of Topliss-reactive ketones (excluding diaryl/α,β-unsaturated/α-hetero) is 1. The van der Waals surface area contributed by atoms with Crippen LogP contribution in [0.5, 0.6) is 5.88 Å². The van der Waals surface area contributed by atoms with E-state index in [-0.39, 0.29) is 35.3 Å². The van der Waals surface area contributed by atoms with Gasteiger partial charge >= 0.3 is 0 Å². The lowest BCUT2D eigenvalue weighted by atomic mass is 10.2. The molecular formula is C45H61N21O3. The molecule has 0 fully saturated rings. The molecule has 0 spiro atoms. The molecule has 24 nitrogen and oxygen atoms in total. The normalized spacial score (nSPS) is 12.0. The number of nitrogens with two attached hydrogens (primary N) is 4. The number of nitrogen functional groups attached to an aromatic ring is 4. The number of H-pyrrole nitrogens is 1. The van der Waals surface area contributed by atoms with E-state index in [9.17, 15) is 9.59 Å². The molecule has 10 rings (SSSR count). The maximum atomic E-state index is 11.4. The Kier molecular flexibility index (Phi) is 15.6. The zero-order valence-electron chi connectivity index (χ0n) is 40.8. The van der Waals surface area contributed by atoms with Crippen molar-refractivity contribution in [3.8, 4) is 5.88 Å². The van der Waals surface area contributed by atoms with Crippen LogP contribution in [-0.4, -0.2) is 96.3 Å². The van der Waals surface area contributed by atoms with Crippen molar-refractivity contribution in [3.63, 3.8) is 0 Å². The number of fused-ring (bicyclic) bond motifs is 5. The number of pyridine rings is 1. The summed E-state index contributed by atoms with van der Waals surface area (Å²) >= 11 is 0. The van der Waals surface area contributed by atoms with Gasteiger partial charge < -0.3 is 50.5 Å². The second kappa shape index (κ2) is 21.5. The van der Waals surface area contributed by atoms with Crippen LogP contribution >= 0.6 is 0 Å². The molecule has 0 aromatic carbocycles. The van der Waals surface area contributed by atoms with Gasteiger partial charge in [0.25, 0.3) is 5.56 Å². The highest BCUT2D eigenvalue weighted by atomic mass is 16.5. The molecule has 0 saturated carbocycles. The number of nitrogens with zero attached hydrogens (tertiary/aromatic N) is 16. The Bertz CT molecular complexity index is 3190. The van der Waals surface area contributed by atoms with Crippen molar-refractivity contribution in [1.29, 1.82) is 0 Å². The number of aromatic nitrogens is 16. The first-order chi connectivity index (χ1) is 32.8. The van der Waals surface area contributed by atoms with Gasteiger partial charge in [0.2, 0.25) is 17.8 Å². The number of nitrogens with one attached hydrogen (secondary N) is 1. The quantitative estimate of drug-likeness (QED) is 0.112. The van der Waals surface area contributed by atoms with Crippen LogP contribution in [0.3, 0.4) is 0 Å². The van der Waals surface area contributed by atoms with E-state index >= 15 is 0 Å². The highest BCUT2D eigenvalue weighted by molar-refractivity contribution is 6.08. The third-order valence-electron chi connectivity index (χ3n) is 10.5. The fraction of sp³-hybridized carbons (Fsp3) is 0.400. The molecule has 0 radical (unpaired) electrons. The minimum atomic E-state index is -0.299. The maximum absolute atomic E-state index is 11.4. The molecule has 1 aliphatic rings. The maximum Gasteiger partial charge on any atom is 0.280 e. The number of rotatable bonds is 7. The summed E-state index contributed by atoms with van der Waals surface area (Å²) in [7, 11) is 0. The topological polar surface area (TPSA) is 329 Å². The molecule has 0 saturated heterocycles. The number of carbonyl (C=O) groups is 1. The number of aromatic amines is 1. The number of hydrogen-bond acceptors (Lipinski definition) is 18. The lowest BCUT2D eigenvalue weighted by Gasteiger charge is -2.10. The predicted octanol–water partition coefficient (Wildman–Crippen LogP) is 6.61. The molecule has 9 N–H and O–H groups in total. The highest BCUT2D eigenvalue weighted by Gasteiger charge is 2.21. The van der Waals surface area contributed by atoms with Gasteiger partial charge in [0, 0.05) is 55.2 Å². The van der Waals surface area contributed by atoms with Gasteiger partial charge in [-0.15, -0.1) is 0 Å². The molecule has 0 aliphatic carbocycles. The first-order valence-corrected chi connectivity index (χ1v) is 22.4. The number of hydrogen-bond donors (Lipinski definition) is 5. The molecular weight excluding hydrogens is 883 g/mol. The van der Waals surface area contributed by atoms with E-state index in [1.165, 1.54) is 6.33 Å². The molecule has 24 heteroatoms. The van der Waals surface area contributed by atoms with Gasteiger partial charge in [-0.3, -0.25) is 14.6 Å². The van der Waals surface area contributed by atoms with Crippen LogP contribution in [0.15, 0.2) is 65.9 Å². The van der Waals surface area contributed by atoms with Crippen LogP contribution < -0.4 is 33.2 Å². The second-order valence-corrected chi connectivity index (χ2v) is 17.1. The van der Waals surface area contributed by atoms with Crippen molar-refractivity contribution in [2.45, 2.75) is 113 Å². The zero-order valence-corrected chi connectivity index (χ0v) is 40.8. The number of anilines is 4. The minimum absolute atomic E-state index is 0.0596. The van der Waals surface area contributed by atoms with E-state index in [1.54, 1.807) is 48.4 Å². The standard InChI is InChI=1S/C10H15N5O.2C9H12N4.C9H11N3O.C8H11N5O/c1-4-16-9-7-8(13-10(11)14-9)15(5-12-7)6(2)3;1-6(2)13-5-12-8-7(10)3-4-11-9(8)13;1-6(2)13-4-3-7-8(10)11-5-12-9(7)13;1-6(2)12-5-11-8-7(13)3-4-10-9(8)12;1-4(2)13-3-10-5-6(13)11-8(9)12-7(5)14/h5-6H,4H2,1-3H3,(H2,11,13,14);3-6H,1-2H3,(H2,10,11);3-6H,1-2H3,(H2,10,11,12);4-6H,3H2,1-2H3;3-4H,1-2H3,(H3,9,11,12,14). The molecule has 10 heterocycles. The zero-order chi connectivity index (χ0) is 50.3. The van der Waals surface area contributed by atoms with Gasteiger partial charge in [-0.2, -0.15) is 15.0 Å². The number of ether oxygens (including phenoxy) is 1. The Labute approximate surface area is 397 Å². The van der Waals surface area contributed by atoms with Gasteiger partial charge in [-0.1, -0.05) is 0 Å². The fourth-order valence-corrected chi connectivity index (χ4v) is 6.95. The lowest BCUT2D eigenvalue weighted by Crippen LogP contribution is -2.12. The summed E-state index contributed by atoms with van der Waals surface area (Å²) in [6.45, 7) is 23.0. The number of carbonyl (C=O) groups excluding carboxylic acids is 1. The van der Waals surface area contributed by atoms with Crippen molar-refractivity contribution in [1.82, 2.24) is 77.7 Å². The van der Waals surface area contributed by atoms with Crippen LogP contribution in [0.1, 0.15) is 123 Å². The van der Waals surface area contributed by atoms with Crippen LogP contribution in [0.4, 0.5) is 29.2 Å². The molecule has 364 valence electrons. The van der Waals surface area contributed by atoms with Gasteiger partial charge in [0.1, 0.15) is 23.3 Å². The van der Waals surface area contributed by atoms with Gasteiger partial charge in [-0.25, -0.2) is 39.9 Å². The van der Waals surface area contributed by atoms with Gasteiger partial charge in [-0.05, 0) is 88.3 Å². The molecule has 69 heavy (non-hydrogen) atoms. The monoisotopic (exact) mass is 944 g/mol. The Hall–Kier alpha value is -8.31. The summed E-state index contributed by atoms with van der Waals surface area (Å²) in [6.07, 6.45) is 14.0. The largest absolute Gasteiger partial charge is 0.476 e. The molecule has 0 amide bonds. The van der Waals surface area contributed by atoms with Crippen LogP contribution in [0.2, 0.25) is 0 Å². The molecule has 9 aromatic heterocycles. The summed E-state index contributed by atoms with van der Waals surface area (Å²) in [6, 6.07) is 5.23. The van der Waals surface area contributed by atoms with Gasteiger partial charge in [0.05, 0.1) is 43.0 Å². The average molecular weight is 944 g/mol. The van der Waals surface area contributed by atoms with E-state index in [2.05, 4.69) is 106 Å². The van der Waals surface area contributed by atoms with Crippen molar-refractivity contribution < 1.29 is 9.53 Å². The smallest absolute Gasteiger partial charge is 0.280 e. The first-order valence-electron chi connectivity index (χ1n) is 22.4. The molecule has 9 aromatic rings. The summed E-state index contributed by atoms with van der Waals surface area (Å²) < 4.78 is 15.1. The molecule has 0 unspecified atom stereocenters. The SMILES string of the molecule is CC(C)n1ccc2c(N)ncnc21.CC(C)n1cnc2c(=O)[nH]c(N)nc21.CC(C)n1cnc2c(N)ccnc21.CC(C)n1cnc2c1N=CCC2=O.CCOc1nc(N)nc2c1ncn2C(C)C. The lowest BCUT2D eigenvalue weighted by molar-refractivity contribution is 0.0996. The third-order valence-corrected chi connectivity index (χ3v) is 10.5. The molecule has 1 aliphatic heterocycles. The average Bonchev–Trinajstić information content (AvgIpc) is 4.14. The van der Waals surface area contributed by atoms with Crippen molar-refractivity contribution >= 4 is 85.7 Å². The van der Waals surface area contributed by atoms with Crippen LogP contribution in [-0.2, 0) is 0 Å². The van der Waals surface area contributed by atoms with E-state index in [0.29, 0.717) is 82.4 Å². The summed E-state index contributed by atoms with van der Waals surface area (Å²) in [5, 5.41) is 0.927. The number of imidazole rings is 4. The fourth-order valence-electron chi connectivity index (χ4n) is 6.95. The Morgan fingerprint density at radius 2 is 1.20 bits per heavy atom. The minimum Gasteiger partial charge on any atom is -0.476 e. The number of ketones is 1.